The number of hydrogen-bond acceptors (Lipinski definition) is 9. The summed E-state index contributed by atoms with van der Waals surface area (Å²) in [5.41, 5.74) is 2.64. The first-order valence-corrected chi connectivity index (χ1v) is 16.2. The number of carboxylic acid groups (broad SMARTS) is 1. The lowest BCUT2D eigenvalue weighted by atomic mass is 9.81. The van der Waals surface area contributed by atoms with E-state index in [2.05, 4.69) is 20.5 Å². The van der Waals surface area contributed by atoms with E-state index in [1.807, 2.05) is 26.0 Å². The van der Waals surface area contributed by atoms with Crippen molar-refractivity contribution >= 4 is 35.7 Å². The highest BCUT2D eigenvalue weighted by molar-refractivity contribution is 5.95. The fraction of sp³-hybridized carbons (Fsp3) is 0.500. The molecule has 5 amide bonds. The molecule has 2 unspecified atom stereocenters. The van der Waals surface area contributed by atoms with Crippen LogP contribution >= 0.6 is 0 Å². The largest absolute Gasteiger partial charge is 0.493 e. The smallest absolute Gasteiger partial charge is 0.489 e. The number of halogens is 3. The summed E-state index contributed by atoms with van der Waals surface area (Å²) in [7, 11) is 0. The molecule has 0 radical (unpaired) electrons. The Hall–Kier alpha value is -5.42. The molecule has 1 aliphatic heterocycles. The Morgan fingerprint density at radius 1 is 1.02 bits per heavy atom. The van der Waals surface area contributed by atoms with Crippen LogP contribution in [0.15, 0.2) is 36.4 Å². The fourth-order valence-electron chi connectivity index (χ4n) is 5.56. The Labute approximate surface area is 298 Å². The maximum Gasteiger partial charge on any atom is 0.493 e. The molecule has 3 rings (SSSR count). The second kappa shape index (κ2) is 16.7. The average Bonchev–Trinajstić information content (AvgIpc) is 3.35. The number of hydroxylamine groups is 1. The molecular weight excluding hydrogens is 693 g/mol. The number of ether oxygens (including phenoxy) is 1. The van der Waals surface area contributed by atoms with Gasteiger partial charge in [0.1, 0.15) is 24.9 Å². The van der Waals surface area contributed by atoms with Crippen LogP contribution in [0.25, 0.3) is 0 Å². The first-order valence-electron chi connectivity index (χ1n) is 16.2. The number of aryl methyl sites for hydroxylation is 2. The third kappa shape index (κ3) is 11.0. The second-order valence-electron chi connectivity index (χ2n) is 13.5. The molecule has 2 atom stereocenters. The summed E-state index contributed by atoms with van der Waals surface area (Å²) in [5, 5.41) is 14.1. The summed E-state index contributed by atoms with van der Waals surface area (Å²) in [6.45, 7) is 9.07. The molecule has 0 spiro atoms. The fourth-order valence-corrected chi connectivity index (χ4v) is 5.56. The summed E-state index contributed by atoms with van der Waals surface area (Å²) in [5.74, 6) is -5.40. The van der Waals surface area contributed by atoms with E-state index in [0.29, 0.717) is 11.3 Å². The van der Waals surface area contributed by atoms with Crippen molar-refractivity contribution in [2.75, 3.05) is 26.2 Å². The van der Waals surface area contributed by atoms with Gasteiger partial charge in [-0.2, -0.15) is 18.7 Å². The van der Waals surface area contributed by atoms with Gasteiger partial charge >= 0.3 is 18.2 Å². The van der Waals surface area contributed by atoms with E-state index in [-0.39, 0.29) is 32.5 Å². The Bertz CT molecular complexity index is 1640. The van der Waals surface area contributed by atoms with Gasteiger partial charge in [0.25, 0.3) is 5.91 Å². The van der Waals surface area contributed by atoms with Crippen molar-refractivity contribution in [3.8, 4) is 5.75 Å². The van der Waals surface area contributed by atoms with Gasteiger partial charge in [0.2, 0.25) is 17.7 Å². The van der Waals surface area contributed by atoms with Crippen LogP contribution in [0.2, 0.25) is 0 Å². The molecule has 0 bridgehead atoms. The minimum Gasteiger partial charge on any atom is -0.489 e. The number of alkyl halides is 3. The van der Waals surface area contributed by atoms with Gasteiger partial charge in [-0.05, 0) is 89.8 Å². The van der Waals surface area contributed by atoms with Crippen LogP contribution in [-0.2, 0) is 40.8 Å². The molecule has 18 heteroatoms. The topological polar surface area (TPSA) is 197 Å². The second-order valence-corrected chi connectivity index (χ2v) is 13.5. The minimum absolute atomic E-state index is 0.00249. The molecule has 1 aliphatic rings. The number of likely N-dealkylation sites (tertiary alicyclic amines) is 1. The summed E-state index contributed by atoms with van der Waals surface area (Å²) in [6.07, 6.45) is -6.83. The molecule has 15 nitrogen and oxygen atoms in total. The van der Waals surface area contributed by atoms with Gasteiger partial charge in [0.15, 0.2) is 0 Å². The summed E-state index contributed by atoms with van der Waals surface area (Å²) >= 11 is 0. The zero-order valence-corrected chi connectivity index (χ0v) is 29.7. The number of benzene rings is 1. The SMILES string of the molecule is Cc1cc(COc2ccc(C3(C)CCN(C(CCNC(=O)CNC(=O)CN(C(=O)O)C(C)(C)C)C(=O)NOC(=O)C(F)(F)F)C3=O)cc2)cc(C)n1. The Morgan fingerprint density at radius 3 is 2.19 bits per heavy atom. The molecular formula is C34H43F3N6O9. The highest BCUT2D eigenvalue weighted by Crippen LogP contribution is 2.37. The molecule has 4 N–H and O–H groups in total. The number of aromatic nitrogens is 1. The number of carbonyl (C=O) groups is 6. The van der Waals surface area contributed by atoms with Crippen LogP contribution in [0.5, 0.6) is 5.75 Å². The van der Waals surface area contributed by atoms with Crippen LogP contribution < -0.4 is 20.9 Å². The van der Waals surface area contributed by atoms with E-state index in [0.717, 1.165) is 26.8 Å². The zero-order chi connectivity index (χ0) is 39.0. The molecule has 1 aromatic heterocycles. The Balaban J connectivity index is 1.67. The van der Waals surface area contributed by atoms with Crippen molar-refractivity contribution < 1.29 is 56.6 Å². The summed E-state index contributed by atoms with van der Waals surface area (Å²) in [6, 6.07) is 9.11. The molecule has 1 aromatic carbocycles. The third-order valence-corrected chi connectivity index (χ3v) is 8.31. The number of nitrogens with one attached hydrogen (secondary N) is 3. The van der Waals surface area contributed by atoms with Gasteiger partial charge in [0.05, 0.1) is 12.0 Å². The lowest BCUT2D eigenvalue weighted by molar-refractivity contribution is -0.208. The van der Waals surface area contributed by atoms with E-state index >= 15 is 0 Å². The van der Waals surface area contributed by atoms with Crippen molar-refractivity contribution in [3.05, 3.63) is 58.9 Å². The molecule has 1 saturated heterocycles. The van der Waals surface area contributed by atoms with Crippen molar-refractivity contribution in [2.24, 2.45) is 0 Å². The molecule has 0 aliphatic carbocycles. The maximum atomic E-state index is 13.9. The molecule has 2 heterocycles. The number of pyridine rings is 1. The Morgan fingerprint density at radius 2 is 1.63 bits per heavy atom. The van der Waals surface area contributed by atoms with Crippen molar-refractivity contribution in [1.82, 2.24) is 30.9 Å². The predicted octanol–water partition coefficient (Wildman–Crippen LogP) is 2.67. The first-order chi connectivity index (χ1) is 24.1. The van der Waals surface area contributed by atoms with Crippen molar-refractivity contribution in [3.63, 3.8) is 0 Å². The lowest BCUT2D eigenvalue weighted by Crippen LogP contribution is -2.52. The van der Waals surface area contributed by atoms with Crippen LogP contribution in [0, 0.1) is 13.8 Å². The first kappa shape index (κ1) is 41.0. The quantitative estimate of drug-likeness (QED) is 0.222. The number of hydrogen-bond donors (Lipinski definition) is 4. The minimum atomic E-state index is -5.40. The normalized spacial score (nSPS) is 16.5. The van der Waals surface area contributed by atoms with Crippen LogP contribution in [-0.4, -0.2) is 99.5 Å². The zero-order valence-electron chi connectivity index (χ0n) is 29.7. The number of amides is 5. The average molecular weight is 737 g/mol. The van der Waals surface area contributed by atoms with E-state index < -0.39 is 72.0 Å². The highest BCUT2D eigenvalue weighted by atomic mass is 19.4. The number of rotatable bonds is 13. The van der Waals surface area contributed by atoms with Gasteiger partial charge < -0.3 is 30.2 Å². The van der Waals surface area contributed by atoms with Crippen molar-refractivity contribution in [1.29, 1.82) is 0 Å². The van der Waals surface area contributed by atoms with Gasteiger partial charge in [-0.3, -0.25) is 29.1 Å². The van der Waals surface area contributed by atoms with Crippen LogP contribution in [0.4, 0.5) is 18.0 Å². The van der Waals surface area contributed by atoms with E-state index in [4.69, 9.17) is 4.74 Å². The monoisotopic (exact) mass is 736 g/mol. The van der Waals surface area contributed by atoms with Gasteiger partial charge in [-0.15, -0.1) is 0 Å². The summed E-state index contributed by atoms with van der Waals surface area (Å²) in [4.78, 5) is 84.7. The number of carbonyl (C=O) groups excluding carboxylic acids is 5. The Kier molecular flexibility index (Phi) is 13.2. The van der Waals surface area contributed by atoms with Crippen LogP contribution in [0.3, 0.4) is 0 Å². The van der Waals surface area contributed by atoms with Gasteiger partial charge in [0, 0.05) is 30.0 Å². The molecule has 2 aromatic rings. The van der Waals surface area contributed by atoms with E-state index in [1.165, 1.54) is 5.48 Å². The number of nitrogens with zero attached hydrogens (tertiary/aromatic N) is 3. The van der Waals surface area contributed by atoms with E-state index in [9.17, 15) is 47.0 Å². The van der Waals surface area contributed by atoms with Crippen LogP contribution in [0.1, 0.15) is 63.1 Å². The third-order valence-electron chi connectivity index (χ3n) is 8.31. The molecule has 52 heavy (non-hydrogen) atoms. The summed E-state index contributed by atoms with van der Waals surface area (Å²) < 4.78 is 44.1. The standard InChI is InChI=1S/C34H43F3N6O9/c1-20-15-22(16-21(2)40-20)19-51-24-9-7-23(8-10-24)33(6)12-14-42(29(33)47)25(28(46)41-52-30(48)34(35,36)37)11-13-38-26(44)17-39-27(45)18-43(31(49)50)32(3,4)5/h7-10,15-16,25H,11-14,17-19H2,1-6H3,(H,38,44)(H,39,45)(H,41,46)(H,49,50). The van der Waals surface area contributed by atoms with Gasteiger partial charge in [-0.25, -0.2) is 9.59 Å². The molecule has 0 saturated carbocycles. The maximum absolute atomic E-state index is 13.9. The lowest BCUT2D eigenvalue weighted by Gasteiger charge is -2.32. The van der Waals surface area contributed by atoms with Crippen molar-refractivity contribution in [2.45, 2.75) is 84.2 Å². The highest BCUT2D eigenvalue weighted by Gasteiger charge is 2.48. The van der Waals surface area contributed by atoms with E-state index in [1.54, 1.807) is 52.0 Å². The predicted molar refractivity (Wildman–Crippen MR) is 177 cm³/mol. The van der Waals surface area contributed by atoms with Gasteiger partial charge in [-0.1, -0.05) is 12.1 Å². The molecule has 284 valence electrons. The molecule has 1 fully saturated rings.